The van der Waals surface area contributed by atoms with Gasteiger partial charge >= 0.3 is 0 Å². The summed E-state index contributed by atoms with van der Waals surface area (Å²) < 4.78 is 0. The van der Waals surface area contributed by atoms with Crippen molar-refractivity contribution >= 4 is 17.3 Å². The molecule has 110 valence electrons. The van der Waals surface area contributed by atoms with Gasteiger partial charge in [0.15, 0.2) is 0 Å². The molecule has 0 aromatic heterocycles. The zero-order chi connectivity index (χ0) is 15.3. The van der Waals surface area contributed by atoms with Crippen molar-refractivity contribution < 1.29 is 9.72 Å². The van der Waals surface area contributed by atoms with Gasteiger partial charge in [-0.1, -0.05) is 0 Å². The van der Waals surface area contributed by atoms with Crippen molar-refractivity contribution in [3.63, 3.8) is 0 Å². The number of carbonyl (C=O) groups excluding carboxylic acids is 1. The fraction of sp³-hybridized carbons (Fsp3) is 0.462. The lowest BCUT2D eigenvalue weighted by Gasteiger charge is -2.20. The van der Waals surface area contributed by atoms with E-state index in [-0.39, 0.29) is 17.2 Å². The Morgan fingerprint density at radius 2 is 1.95 bits per heavy atom. The molecular weight excluding hydrogens is 260 g/mol. The van der Waals surface area contributed by atoms with Crippen molar-refractivity contribution in [3.8, 4) is 0 Å². The van der Waals surface area contributed by atoms with Crippen LogP contribution in [0.25, 0.3) is 0 Å². The van der Waals surface area contributed by atoms with Crippen LogP contribution in [-0.4, -0.2) is 61.9 Å². The van der Waals surface area contributed by atoms with E-state index in [4.69, 9.17) is 0 Å². The number of nitrogens with zero attached hydrogens (tertiary/aromatic N) is 3. The third-order valence-corrected chi connectivity index (χ3v) is 2.94. The van der Waals surface area contributed by atoms with Gasteiger partial charge in [0.25, 0.3) is 11.6 Å². The van der Waals surface area contributed by atoms with Crippen molar-refractivity contribution in [2.45, 2.75) is 0 Å². The molecule has 0 bridgehead atoms. The molecule has 0 unspecified atom stereocenters. The first-order valence-electron chi connectivity index (χ1n) is 6.23. The molecule has 0 saturated carbocycles. The molecule has 0 aliphatic heterocycles. The molecule has 20 heavy (non-hydrogen) atoms. The largest absolute Gasteiger partial charge is 0.388 e. The molecule has 0 aliphatic carbocycles. The second-order valence-corrected chi connectivity index (χ2v) is 4.77. The highest BCUT2D eigenvalue weighted by Gasteiger charge is 2.23. The number of hydrogen-bond donors (Lipinski definition) is 1. The fourth-order valence-electron chi connectivity index (χ4n) is 1.68. The minimum Gasteiger partial charge on any atom is -0.388 e. The fourth-order valence-corrected chi connectivity index (χ4v) is 1.68. The Hall–Kier alpha value is -2.15. The summed E-state index contributed by atoms with van der Waals surface area (Å²) in [6, 6.07) is 4.43. The minimum absolute atomic E-state index is 0.100. The maximum atomic E-state index is 12.3. The van der Waals surface area contributed by atoms with Crippen LogP contribution in [0, 0.1) is 10.1 Å². The molecule has 0 spiro atoms. The lowest BCUT2D eigenvalue weighted by atomic mass is 10.1. The number of benzene rings is 1. The van der Waals surface area contributed by atoms with Gasteiger partial charge in [-0.15, -0.1) is 0 Å². The van der Waals surface area contributed by atoms with E-state index in [1.165, 1.54) is 17.0 Å². The topological polar surface area (TPSA) is 78.7 Å². The molecule has 1 aromatic rings. The quantitative estimate of drug-likeness (QED) is 0.627. The van der Waals surface area contributed by atoms with Crippen LogP contribution in [0.4, 0.5) is 11.4 Å². The summed E-state index contributed by atoms with van der Waals surface area (Å²) in [7, 11) is 7.15. The molecule has 0 fully saturated rings. The Kier molecular flexibility index (Phi) is 5.45. The summed E-state index contributed by atoms with van der Waals surface area (Å²) in [6.45, 7) is 1.20. The third kappa shape index (κ3) is 3.92. The van der Waals surface area contributed by atoms with E-state index in [0.717, 1.165) is 0 Å². The van der Waals surface area contributed by atoms with Gasteiger partial charge < -0.3 is 15.1 Å². The number of hydrogen-bond acceptors (Lipinski definition) is 5. The van der Waals surface area contributed by atoms with Crippen LogP contribution in [-0.2, 0) is 0 Å². The van der Waals surface area contributed by atoms with Crippen LogP contribution in [0.2, 0.25) is 0 Å². The van der Waals surface area contributed by atoms with Gasteiger partial charge in [-0.2, -0.15) is 0 Å². The predicted octanol–water partition coefficient (Wildman–Crippen LogP) is 1.27. The summed E-state index contributed by atoms with van der Waals surface area (Å²) in [5.74, 6) is -0.351. The van der Waals surface area contributed by atoms with Gasteiger partial charge in [0.05, 0.1) is 4.92 Å². The average molecular weight is 280 g/mol. The summed E-state index contributed by atoms with van der Waals surface area (Å²) in [5.41, 5.74) is 0.591. The Balaban J connectivity index is 3.03. The van der Waals surface area contributed by atoms with Gasteiger partial charge in [0, 0.05) is 38.9 Å². The molecule has 7 nitrogen and oxygen atoms in total. The van der Waals surface area contributed by atoms with Gasteiger partial charge in [0.1, 0.15) is 5.56 Å². The number of nitro benzene ring substituents is 1. The van der Waals surface area contributed by atoms with Crippen LogP contribution >= 0.6 is 0 Å². The number of likely N-dealkylation sites (N-methyl/N-ethyl adjacent to an activating group) is 2. The lowest BCUT2D eigenvalue weighted by Crippen LogP contribution is -2.33. The SMILES string of the molecule is CNc1ccc([N+](=O)[O-])c(C(=O)N(C)CCN(C)C)c1. The summed E-state index contributed by atoms with van der Waals surface area (Å²) in [5, 5.41) is 13.9. The van der Waals surface area contributed by atoms with E-state index in [2.05, 4.69) is 5.32 Å². The molecule has 7 heteroatoms. The van der Waals surface area contributed by atoms with Crippen LogP contribution in [0.15, 0.2) is 18.2 Å². The first-order valence-corrected chi connectivity index (χ1v) is 6.23. The number of rotatable bonds is 6. The molecule has 1 amide bonds. The molecule has 0 atom stereocenters. The zero-order valence-electron chi connectivity index (χ0n) is 12.2. The number of nitrogens with one attached hydrogen (secondary N) is 1. The zero-order valence-corrected chi connectivity index (χ0v) is 12.2. The maximum Gasteiger partial charge on any atom is 0.282 e. The summed E-state index contributed by atoms with van der Waals surface area (Å²) in [4.78, 5) is 26.2. The molecule has 0 radical (unpaired) electrons. The van der Waals surface area contributed by atoms with Gasteiger partial charge in [0.2, 0.25) is 0 Å². The van der Waals surface area contributed by atoms with Crippen LogP contribution in [0.5, 0.6) is 0 Å². The van der Waals surface area contributed by atoms with E-state index in [1.807, 2.05) is 19.0 Å². The molecule has 1 aromatic carbocycles. The predicted molar refractivity (Wildman–Crippen MR) is 78.2 cm³/mol. The molecule has 1 rings (SSSR count). The van der Waals surface area contributed by atoms with Crippen molar-refractivity contribution in [2.75, 3.05) is 46.6 Å². The Bertz CT molecular complexity index is 502. The molecule has 1 N–H and O–H groups in total. The van der Waals surface area contributed by atoms with Gasteiger partial charge in [-0.3, -0.25) is 14.9 Å². The normalized spacial score (nSPS) is 10.4. The second kappa shape index (κ2) is 6.85. The van der Waals surface area contributed by atoms with E-state index >= 15 is 0 Å². The molecular formula is C13H20N4O3. The third-order valence-electron chi connectivity index (χ3n) is 2.94. The van der Waals surface area contributed by atoms with Crippen molar-refractivity contribution in [3.05, 3.63) is 33.9 Å². The van der Waals surface area contributed by atoms with Gasteiger partial charge in [-0.05, 0) is 26.2 Å². The van der Waals surface area contributed by atoms with Crippen LogP contribution in [0.1, 0.15) is 10.4 Å². The number of amides is 1. The van der Waals surface area contributed by atoms with Crippen LogP contribution in [0.3, 0.4) is 0 Å². The van der Waals surface area contributed by atoms with E-state index in [1.54, 1.807) is 20.2 Å². The van der Waals surface area contributed by atoms with E-state index in [9.17, 15) is 14.9 Å². The minimum atomic E-state index is -0.535. The lowest BCUT2D eigenvalue weighted by molar-refractivity contribution is -0.385. The smallest absolute Gasteiger partial charge is 0.282 e. The van der Waals surface area contributed by atoms with Crippen molar-refractivity contribution in [2.24, 2.45) is 0 Å². The average Bonchev–Trinajstić information content (AvgIpc) is 2.42. The van der Waals surface area contributed by atoms with Crippen LogP contribution < -0.4 is 5.32 Å². The first kappa shape index (κ1) is 15.9. The van der Waals surface area contributed by atoms with E-state index in [0.29, 0.717) is 18.8 Å². The van der Waals surface area contributed by atoms with Crippen molar-refractivity contribution in [1.82, 2.24) is 9.80 Å². The van der Waals surface area contributed by atoms with Gasteiger partial charge in [-0.25, -0.2) is 0 Å². The standard InChI is InChI=1S/C13H20N4O3/c1-14-10-5-6-12(17(19)20)11(9-10)13(18)16(4)8-7-15(2)3/h5-6,9,14H,7-8H2,1-4H3. The number of nitro groups is 1. The Morgan fingerprint density at radius 1 is 1.30 bits per heavy atom. The maximum absolute atomic E-state index is 12.3. The number of anilines is 1. The Morgan fingerprint density at radius 3 is 2.45 bits per heavy atom. The first-order chi connectivity index (χ1) is 9.36. The summed E-state index contributed by atoms with van der Waals surface area (Å²) in [6.07, 6.45) is 0. The van der Waals surface area contributed by atoms with Crippen molar-refractivity contribution in [1.29, 1.82) is 0 Å². The highest BCUT2D eigenvalue weighted by Crippen LogP contribution is 2.23. The second-order valence-electron chi connectivity index (χ2n) is 4.77. The summed E-state index contributed by atoms with van der Waals surface area (Å²) >= 11 is 0. The monoisotopic (exact) mass is 280 g/mol. The molecule has 0 saturated heterocycles. The Labute approximate surface area is 118 Å². The highest BCUT2D eigenvalue weighted by molar-refractivity contribution is 5.99. The highest BCUT2D eigenvalue weighted by atomic mass is 16.6. The molecule has 0 aliphatic rings. The molecule has 0 heterocycles. The number of carbonyl (C=O) groups is 1. The van der Waals surface area contributed by atoms with E-state index < -0.39 is 4.92 Å².